The number of anilines is 3. The molecule has 14 heteroatoms. The van der Waals surface area contributed by atoms with Crippen LogP contribution < -0.4 is 15.4 Å². The number of carbonyl (C=O) groups excluding carboxylic acids is 1. The standard InChI is InChI=1S/C23H26F3N5O4S2/c1-4-35-21(32)31-37(3,34)16-9-7-15(8-10-16)29-20-28-14-17(18-6-5-13-36-18)19(30-20)27-12-11-22(2,33)23(24,25)26/h5-10,13-14,33H,3-4,11-12H2,1-2H3,(H,31,32,34)(H2,27,28,29,30). The molecule has 37 heavy (non-hydrogen) atoms. The summed E-state index contributed by atoms with van der Waals surface area (Å²) in [6.45, 7) is 2.26. The molecule has 1 aromatic carbocycles. The summed E-state index contributed by atoms with van der Waals surface area (Å²) in [5.41, 5.74) is -1.75. The monoisotopic (exact) mass is 557 g/mol. The van der Waals surface area contributed by atoms with Gasteiger partial charge in [0.2, 0.25) is 5.95 Å². The van der Waals surface area contributed by atoms with Gasteiger partial charge in [-0.15, -0.1) is 11.3 Å². The van der Waals surface area contributed by atoms with Gasteiger partial charge < -0.3 is 20.5 Å². The highest BCUT2D eigenvalue weighted by Crippen LogP contribution is 2.34. The number of nitrogens with one attached hydrogen (secondary N) is 3. The Labute approximate surface area is 216 Å². The summed E-state index contributed by atoms with van der Waals surface area (Å²) in [5, 5.41) is 17.4. The highest BCUT2D eigenvalue weighted by atomic mass is 32.2. The van der Waals surface area contributed by atoms with Gasteiger partial charge in [0.1, 0.15) is 5.82 Å². The van der Waals surface area contributed by atoms with E-state index in [4.69, 9.17) is 4.74 Å². The molecular formula is C23H26F3N5O4S2. The van der Waals surface area contributed by atoms with Crippen molar-refractivity contribution in [3.63, 3.8) is 0 Å². The second-order valence-corrected chi connectivity index (χ2v) is 11.0. The maximum Gasteiger partial charge on any atom is 0.418 e. The first kappa shape index (κ1) is 28.2. The van der Waals surface area contributed by atoms with Crippen LogP contribution in [0, 0.1) is 0 Å². The minimum atomic E-state index is -4.76. The van der Waals surface area contributed by atoms with Gasteiger partial charge in [0.05, 0.1) is 21.9 Å². The van der Waals surface area contributed by atoms with Gasteiger partial charge in [-0.3, -0.25) is 0 Å². The second kappa shape index (κ2) is 11.4. The number of alkyl halides is 3. The van der Waals surface area contributed by atoms with Gasteiger partial charge >= 0.3 is 12.3 Å². The van der Waals surface area contributed by atoms with Gasteiger partial charge in [-0.1, -0.05) is 6.07 Å². The minimum absolute atomic E-state index is 0.119. The van der Waals surface area contributed by atoms with Gasteiger partial charge in [-0.25, -0.2) is 18.7 Å². The average Bonchev–Trinajstić information content (AvgIpc) is 3.33. The van der Waals surface area contributed by atoms with Crippen LogP contribution in [0.1, 0.15) is 20.3 Å². The number of rotatable bonds is 10. The number of ether oxygens (including phenoxy) is 1. The molecule has 2 unspecified atom stereocenters. The molecule has 0 aliphatic rings. The molecule has 0 bridgehead atoms. The number of aromatic nitrogens is 2. The van der Waals surface area contributed by atoms with E-state index < -0.39 is 34.0 Å². The average molecular weight is 558 g/mol. The molecule has 3 rings (SSSR count). The van der Waals surface area contributed by atoms with Gasteiger partial charge in [0.25, 0.3) is 0 Å². The number of amides is 1. The van der Waals surface area contributed by atoms with E-state index in [9.17, 15) is 27.3 Å². The number of thiophene rings is 1. The Morgan fingerprint density at radius 2 is 1.95 bits per heavy atom. The molecule has 200 valence electrons. The molecule has 0 aliphatic carbocycles. The van der Waals surface area contributed by atoms with Gasteiger partial charge in [-0.2, -0.15) is 18.2 Å². The zero-order valence-corrected chi connectivity index (χ0v) is 21.6. The maximum atomic E-state index is 13.0. The van der Waals surface area contributed by atoms with Crippen molar-refractivity contribution in [3.8, 4) is 10.4 Å². The summed E-state index contributed by atoms with van der Waals surface area (Å²) in [6.07, 6.45) is -4.66. The number of hydrogen-bond donors (Lipinski definition) is 4. The van der Waals surface area contributed by atoms with Crippen LogP contribution >= 0.6 is 11.3 Å². The summed E-state index contributed by atoms with van der Waals surface area (Å²) in [7, 11) is -3.13. The van der Waals surface area contributed by atoms with E-state index in [1.165, 1.54) is 29.7 Å². The zero-order valence-electron chi connectivity index (χ0n) is 20.0. The van der Waals surface area contributed by atoms with Crippen LogP contribution in [0.15, 0.2) is 52.9 Å². The van der Waals surface area contributed by atoms with Crippen LogP contribution in [0.25, 0.3) is 10.4 Å². The SMILES string of the molecule is C=S(=O)(NC(=O)OCC)c1ccc(Nc2ncc(-c3cccs3)c(NCCC(C)(O)C(F)(F)F)n2)cc1. The van der Waals surface area contributed by atoms with Crippen molar-refractivity contribution in [1.82, 2.24) is 14.7 Å². The molecule has 4 N–H and O–H groups in total. The van der Waals surface area contributed by atoms with Crippen molar-refractivity contribution in [2.24, 2.45) is 0 Å². The van der Waals surface area contributed by atoms with Crippen molar-refractivity contribution >= 4 is 50.5 Å². The topological polar surface area (TPSA) is 125 Å². The van der Waals surface area contributed by atoms with Gasteiger partial charge in [-0.05, 0) is 55.4 Å². The molecule has 3 aromatic rings. The quantitative estimate of drug-likeness (QED) is 0.262. The summed E-state index contributed by atoms with van der Waals surface area (Å²) < 4.78 is 58.7. The van der Waals surface area contributed by atoms with Crippen LogP contribution in [-0.2, 0) is 14.4 Å². The van der Waals surface area contributed by atoms with Crippen molar-refractivity contribution in [2.75, 3.05) is 23.8 Å². The van der Waals surface area contributed by atoms with Crippen molar-refractivity contribution in [1.29, 1.82) is 0 Å². The fourth-order valence-corrected chi connectivity index (χ4v) is 4.76. The molecule has 0 saturated heterocycles. The molecule has 9 nitrogen and oxygen atoms in total. The molecule has 0 fully saturated rings. The summed E-state index contributed by atoms with van der Waals surface area (Å²) in [4.78, 5) is 21.4. The van der Waals surface area contributed by atoms with Crippen molar-refractivity contribution < 1.29 is 32.0 Å². The third-order valence-corrected chi connectivity index (χ3v) is 7.54. The molecule has 0 spiro atoms. The molecule has 2 atom stereocenters. The lowest BCUT2D eigenvalue weighted by Crippen LogP contribution is -2.43. The third kappa shape index (κ3) is 7.33. The first-order valence-corrected chi connectivity index (χ1v) is 13.6. The van der Waals surface area contributed by atoms with Crippen LogP contribution in [0.4, 0.5) is 35.4 Å². The molecule has 0 saturated carbocycles. The first-order chi connectivity index (χ1) is 17.3. The first-order valence-electron chi connectivity index (χ1n) is 10.9. The van der Waals surface area contributed by atoms with E-state index in [0.29, 0.717) is 11.3 Å². The number of nitrogens with zero attached hydrogens (tertiary/aromatic N) is 2. The Morgan fingerprint density at radius 3 is 2.54 bits per heavy atom. The van der Waals surface area contributed by atoms with Crippen molar-refractivity contribution in [3.05, 3.63) is 48.0 Å². The Morgan fingerprint density at radius 1 is 1.24 bits per heavy atom. The van der Waals surface area contributed by atoms with Crippen LogP contribution in [0.3, 0.4) is 0 Å². The van der Waals surface area contributed by atoms with Crippen LogP contribution in [0.2, 0.25) is 0 Å². The maximum absolute atomic E-state index is 13.0. The van der Waals surface area contributed by atoms with E-state index in [0.717, 1.165) is 11.8 Å². The minimum Gasteiger partial charge on any atom is -0.449 e. The predicted molar refractivity (Wildman–Crippen MR) is 139 cm³/mol. The summed E-state index contributed by atoms with van der Waals surface area (Å²) in [5.74, 6) is 3.99. The second-order valence-electron chi connectivity index (χ2n) is 8.03. The lowest BCUT2D eigenvalue weighted by atomic mass is 10.0. The largest absolute Gasteiger partial charge is 0.449 e. The zero-order chi connectivity index (χ0) is 27.3. The Balaban J connectivity index is 1.77. The Hall–Kier alpha value is -3.36. The highest BCUT2D eigenvalue weighted by molar-refractivity contribution is 7.99. The third-order valence-electron chi connectivity index (χ3n) is 5.11. The van der Waals surface area contributed by atoms with Crippen LogP contribution in [0.5, 0.6) is 0 Å². The fourth-order valence-electron chi connectivity index (χ4n) is 3.00. The molecule has 1 amide bonds. The Bertz CT molecular complexity index is 1310. The number of aliphatic hydroxyl groups is 1. The molecule has 2 heterocycles. The van der Waals surface area contributed by atoms with E-state index in [1.54, 1.807) is 19.1 Å². The number of carbonyl (C=O) groups is 1. The van der Waals surface area contributed by atoms with Crippen LogP contribution in [-0.4, -0.2) is 56.2 Å². The van der Waals surface area contributed by atoms with E-state index in [-0.39, 0.29) is 29.8 Å². The lowest BCUT2D eigenvalue weighted by molar-refractivity contribution is -0.253. The number of benzene rings is 1. The predicted octanol–water partition coefficient (Wildman–Crippen LogP) is 4.80. The van der Waals surface area contributed by atoms with Gasteiger partial charge in [0.15, 0.2) is 5.60 Å². The number of halogens is 3. The highest BCUT2D eigenvalue weighted by Gasteiger charge is 2.49. The van der Waals surface area contributed by atoms with E-state index >= 15 is 0 Å². The lowest BCUT2D eigenvalue weighted by Gasteiger charge is -2.26. The molecular weight excluding hydrogens is 531 g/mol. The normalized spacial score (nSPS) is 14.8. The molecule has 0 aliphatic heterocycles. The summed E-state index contributed by atoms with van der Waals surface area (Å²) in [6, 6.07) is 9.81. The van der Waals surface area contributed by atoms with E-state index in [1.807, 2.05) is 17.5 Å². The molecule has 2 aromatic heterocycles. The smallest absolute Gasteiger partial charge is 0.418 e. The molecule has 0 radical (unpaired) electrons. The van der Waals surface area contributed by atoms with E-state index in [2.05, 4.69) is 31.2 Å². The fraction of sp³-hybridized carbons (Fsp3) is 0.304. The Kier molecular flexibility index (Phi) is 8.66. The van der Waals surface area contributed by atoms with Gasteiger partial charge in [0, 0.05) is 34.6 Å². The number of hydrogen-bond acceptors (Lipinski definition) is 9. The summed E-state index contributed by atoms with van der Waals surface area (Å²) >= 11 is 1.41. The van der Waals surface area contributed by atoms with Crippen molar-refractivity contribution in [2.45, 2.75) is 36.9 Å².